The molecule has 1 aromatic heterocycles. The van der Waals surface area contributed by atoms with E-state index >= 15 is 0 Å². The Bertz CT molecular complexity index is 490. The first-order chi connectivity index (χ1) is 8.15. The lowest BCUT2D eigenvalue weighted by atomic mass is 10.2. The van der Waals surface area contributed by atoms with Crippen LogP contribution in [0.3, 0.4) is 0 Å². The first-order valence-corrected chi connectivity index (χ1v) is 6.92. The van der Waals surface area contributed by atoms with Crippen molar-refractivity contribution in [3.8, 4) is 10.4 Å². The van der Waals surface area contributed by atoms with Crippen LogP contribution in [-0.4, -0.2) is 6.04 Å². The lowest BCUT2D eigenvalue weighted by molar-refractivity contribution is 0.593. The molecule has 2 rings (SSSR count). The van der Waals surface area contributed by atoms with Crippen molar-refractivity contribution >= 4 is 22.9 Å². The summed E-state index contributed by atoms with van der Waals surface area (Å²) < 4.78 is 0. The molecule has 2 aromatic rings. The molecule has 90 valence electrons. The number of hydrogen-bond donors (Lipinski definition) is 1. The zero-order valence-electron chi connectivity index (χ0n) is 10.0. The van der Waals surface area contributed by atoms with Crippen LogP contribution < -0.4 is 5.32 Å². The summed E-state index contributed by atoms with van der Waals surface area (Å²) in [5.74, 6) is 0. The molecule has 0 saturated carbocycles. The normalized spacial score (nSPS) is 11.1. The molecule has 0 spiro atoms. The van der Waals surface area contributed by atoms with Crippen molar-refractivity contribution in [3.63, 3.8) is 0 Å². The molecule has 0 unspecified atom stereocenters. The molecule has 0 fully saturated rings. The highest BCUT2D eigenvalue weighted by Crippen LogP contribution is 2.29. The SMILES string of the molecule is CC(C)NCc1ccc(-c2cccc(Cl)c2)s1. The summed E-state index contributed by atoms with van der Waals surface area (Å²) in [6.07, 6.45) is 0. The van der Waals surface area contributed by atoms with Crippen LogP contribution in [0.2, 0.25) is 5.02 Å². The molecule has 17 heavy (non-hydrogen) atoms. The molecule has 0 bridgehead atoms. The molecular weight excluding hydrogens is 250 g/mol. The van der Waals surface area contributed by atoms with Gasteiger partial charge in [0.2, 0.25) is 0 Å². The summed E-state index contributed by atoms with van der Waals surface area (Å²) >= 11 is 7.81. The smallest absolute Gasteiger partial charge is 0.0412 e. The fourth-order valence-electron chi connectivity index (χ4n) is 1.57. The Morgan fingerprint density at radius 3 is 2.76 bits per heavy atom. The van der Waals surface area contributed by atoms with Crippen LogP contribution in [0, 0.1) is 0 Å². The van der Waals surface area contributed by atoms with Crippen molar-refractivity contribution in [2.75, 3.05) is 0 Å². The lowest BCUT2D eigenvalue weighted by Gasteiger charge is -2.05. The second-order valence-corrected chi connectivity index (χ2v) is 5.92. The maximum Gasteiger partial charge on any atom is 0.0412 e. The van der Waals surface area contributed by atoms with Gasteiger partial charge in [-0.15, -0.1) is 11.3 Å². The monoisotopic (exact) mass is 265 g/mol. The molecule has 0 radical (unpaired) electrons. The number of hydrogen-bond acceptors (Lipinski definition) is 2. The van der Waals surface area contributed by atoms with Crippen LogP contribution in [-0.2, 0) is 6.54 Å². The van der Waals surface area contributed by atoms with Crippen molar-refractivity contribution in [3.05, 3.63) is 46.3 Å². The average Bonchev–Trinajstić information content (AvgIpc) is 2.75. The average molecular weight is 266 g/mol. The van der Waals surface area contributed by atoms with Gasteiger partial charge in [0.1, 0.15) is 0 Å². The lowest BCUT2D eigenvalue weighted by Crippen LogP contribution is -2.21. The van der Waals surface area contributed by atoms with Crippen LogP contribution in [0.25, 0.3) is 10.4 Å². The van der Waals surface area contributed by atoms with Gasteiger partial charge in [-0.1, -0.05) is 37.6 Å². The summed E-state index contributed by atoms with van der Waals surface area (Å²) in [6.45, 7) is 5.25. The van der Waals surface area contributed by atoms with E-state index in [0.29, 0.717) is 6.04 Å². The fraction of sp³-hybridized carbons (Fsp3) is 0.286. The largest absolute Gasteiger partial charge is 0.310 e. The van der Waals surface area contributed by atoms with Crippen LogP contribution >= 0.6 is 22.9 Å². The van der Waals surface area contributed by atoms with Gasteiger partial charge in [0.15, 0.2) is 0 Å². The Balaban J connectivity index is 2.12. The highest BCUT2D eigenvalue weighted by atomic mass is 35.5. The number of rotatable bonds is 4. The van der Waals surface area contributed by atoms with E-state index < -0.39 is 0 Å². The minimum absolute atomic E-state index is 0.520. The van der Waals surface area contributed by atoms with Crippen LogP contribution in [0.5, 0.6) is 0 Å². The van der Waals surface area contributed by atoms with E-state index in [1.807, 2.05) is 29.5 Å². The third-order valence-corrected chi connectivity index (χ3v) is 3.82. The van der Waals surface area contributed by atoms with E-state index in [2.05, 4.69) is 37.4 Å². The Hall–Kier alpha value is -0.830. The molecule has 0 aliphatic rings. The standard InChI is InChI=1S/C14H16ClNS/c1-10(2)16-9-13-6-7-14(17-13)11-4-3-5-12(15)8-11/h3-8,10,16H,9H2,1-2H3. The van der Waals surface area contributed by atoms with Gasteiger partial charge in [0, 0.05) is 27.4 Å². The van der Waals surface area contributed by atoms with Gasteiger partial charge in [-0.05, 0) is 29.8 Å². The van der Waals surface area contributed by atoms with E-state index in [-0.39, 0.29) is 0 Å². The Morgan fingerprint density at radius 1 is 1.24 bits per heavy atom. The van der Waals surface area contributed by atoms with E-state index in [0.717, 1.165) is 11.6 Å². The maximum absolute atomic E-state index is 6.00. The van der Waals surface area contributed by atoms with Gasteiger partial charge in [-0.2, -0.15) is 0 Å². The molecule has 1 heterocycles. The quantitative estimate of drug-likeness (QED) is 0.854. The number of nitrogens with one attached hydrogen (secondary N) is 1. The third kappa shape index (κ3) is 3.56. The van der Waals surface area contributed by atoms with E-state index in [9.17, 15) is 0 Å². The molecule has 0 atom stereocenters. The van der Waals surface area contributed by atoms with Crippen LogP contribution in [0.1, 0.15) is 18.7 Å². The maximum atomic E-state index is 6.00. The Labute approximate surface area is 111 Å². The highest BCUT2D eigenvalue weighted by molar-refractivity contribution is 7.15. The Kier molecular flexibility index (Phi) is 4.21. The molecule has 1 N–H and O–H groups in total. The molecule has 0 aliphatic heterocycles. The Morgan fingerprint density at radius 2 is 2.06 bits per heavy atom. The number of halogens is 1. The van der Waals surface area contributed by atoms with Gasteiger partial charge in [0.25, 0.3) is 0 Å². The van der Waals surface area contributed by atoms with Crippen LogP contribution in [0.15, 0.2) is 36.4 Å². The van der Waals surface area contributed by atoms with Crippen molar-refractivity contribution in [2.24, 2.45) is 0 Å². The zero-order valence-corrected chi connectivity index (χ0v) is 11.6. The van der Waals surface area contributed by atoms with E-state index in [1.165, 1.54) is 15.3 Å². The minimum Gasteiger partial charge on any atom is -0.310 e. The molecule has 1 nitrogen and oxygen atoms in total. The molecule has 3 heteroatoms. The second kappa shape index (κ2) is 5.67. The molecular formula is C14H16ClNS. The molecule has 0 saturated heterocycles. The summed E-state index contributed by atoms with van der Waals surface area (Å²) in [5, 5.41) is 4.21. The first-order valence-electron chi connectivity index (χ1n) is 5.73. The zero-order chi connectivity index (χ0) is 12.3. The highest BCUT2D eigenvalue weighted by Gasteiger charge is 2.03. The van der Waals surface area contributed by atoms with Gasteiger partial charge < -0.3 is 5.32 Å². The summed E-state index contributed by atoms with van der Waals surface area (Å²) in [7, 11) is 0. The van der Waals surface area contributed by atoms with Gasteiger partial charge in [0.05, 0.1) is 0 Å². The predicted molar refractivity (Wildman–Crippen MR) is 76.7 cm³/mol. The van der Waals surface area contributed by atoms with E-state index in [4.69, 9.17) is 11.6 Å². The summed E-state index contributed by atoms with van der Waals surface area (Å²) in [5.41, 5.74) is 1.19. The van der Waals surface area contributed by atoms with Crippen LogP contribution in [0.4, 0.5) is 0 Å². The fourth-order valence-corrected chi connectivity index (χ4v) is 2.72. The number of benzene rings is 1. The molecule has 1 aromatic carbocycles. The van der Waals surface area contributed by atoms with E-state index in [1.54, 1.807) is 0 Å². The van der Waals surface area contributed by atoms with Crippen molar-refractivity contribution in [1.29, 1.82) is 0 Å². The minimum atomic E-state index is 0.520. The summed E-state index contributed by atoms with van der Waals surface area (Å²) in [4.78, 5) is 2.63. The third-order valence-electron chi connectivity index (χ3n) is 2.46. The number of thiophene rings is 1. The summed E-state index contributed by atoms with van der Waals surface area (Å²) in [6, 6.07) is 12.9. The van der Waals surface area contributed by atoms with Gasteiger partial charge >= 0.3 is 0 Å². The first kappa shape index (κ1) is 12.6. The topological polar surface area (TPSA) is 12.0 Å². The molecule has 0 amide bonds. The van der Waals surface area contributed by atoms with Gasteiger partial charge in [-0.25, -0.2) is 0 Å². The molecule has 0 aliphatic carbocycles. The second-order valence-electron chi connectivity index (χ2n) is 4.31. The van der Waals surface area contributed by atoms with Crippen molar-refractivity contribution < 1.29 is 0 Å². The van der Waals surface area contributed by atoms with Crippen molar-refractivity contribution in [2.45, 2.75) is 26.4 Å². The van der Waals surface area contributed by atoms with Crippen molar-refractivity contribution in [1.82, 2.24) is 5.32 Å². The predicted octanol–water partition coefficient (Wildman–Crippen LogP) is 4.57. The van der Waals surface area contributed by atoms with Gasteiger partial charge in [-0.3, -0.25) is 0 Å².